The van der Waals surface area contributed by atoms with Crippen molar-refractivity contribution in [3.63, 3.8) is 0 Å². The summed E-state index contributed by atoms with van der Waals surface area (Å²) >= 11 is 0. The zero-order valence-electron chi connectivity index (χ0n) is 8.33. The third-order valence-corrected chi connectivity index (χ3v) is 3.83. The second kappa shape index (κ2) is 3.38. The maximum atomic E-state index is 9.83. The Hall–Kier alpha value is -0.240. The normalized spacial score (nSPS) is 53.8. The topological polar surface area (TPSA) is 116 Å². The van der Waals surface area contributed by atoms with Crippen molar-refractivity contribution in [3.05, 3.63) is 0 Å². The van der Waals surface area contributed by atoms with Crippen LogP contribution in [0.1, 0.15) is 6.42 Å². The summed E-state index contributed by atoms with van der Waals surface area (Å²) in [7, 11) is 0. The third kappa shape index (κ3) is 1.15. The Bertz CT molecular complexity index is 259. The van der Waals surface area contributed by atoms with Crippen LogP contribution in [0.2, 0.25) is 0 Å². The predicted octanol–water partition coefficient (Wildman–Crippen LogP) is -2.82. The molecule has 0 unspecified atom stereocenters. The van der Waals surface area contributed by atoms with E-state index in [-0.39, 0.29) is 19.1 Å². The molecule has 2 heterocycles. The first-order chi connectivity index (χ1) is 7.06. The summed E-state index contributed by atoms with van der Waals surface area (Å²) in [5.74, 6) is -0.385. The molecule has 0 aromatic rings. The zero-order valence-corrected chi connectivity index (χ0v) is 8.33. The third-order valence-electron chi connectivity index (χ3n) is 3.83. The summed E-state index contributed by atoms with van der Waals surface area (Å²) < 4.78 is 5.54. The van der Waals surface area contributed by atoms with Crippen molar-refractivity contribution in [1.29, 1.82) is 0 Å². The molecule has 0 radical (unpaired) electrons. The van der Waals surface area contributed by atoms with E-state index in [0.29, 0.717) is 6.42 Å². The molecular weight excluding hydrogens is 202 g/mol. The summed E-state index contributed by atoms with van der Waals surface area (Å²) in [6.07, 6.45) is -1.94. The molecule has 0 aromatic heterocycles. The van der Waals surface area contributed by atoms with Gasteiger partial charge in [-0.3, -0.25) is 0 Å². The standard InChI is InChI=1S/C9H17NO5/c10-3-8-1-5(2-11)9(4-12,15-8)7(14)6(8)13/h5-7,11-14H,1-4,10H2/t5-,6+,7-,8+,9+/m1/s1. The minimum Gasteiger partial charge on any atom is -0.396 e. The second-order valence-corrected chi connectivity index (χ2v) is 4.46. The number of fused-ring (bicyclic) bond motifs is 2. The first kappa shape index (κ1) is 11.3. The number of aliphatic hydroxyl groups excluding tert-OH is 4. The van der Waals surface area contributed by atoms with E-state index >= 15 is 0 Å². The van der Waals surface area contributed by atoms with E-state index < -0.39 is 30.0 Å². The van der Waals surface area contributed by atoms with Crippen molar-refractivity contribution in [1.82, 2.24) is 0 Å². The molecule has 0 spiro atoms. The number of rotatable bonds is 3. The molecule has 0 amide bonds. The lowest BCUT2D eigenvalue weighted by atomic mass is 9.71. The summed E-state index contributed by atoms with van der Waals surface area (Å²) in [5, 5.41) is 38.1. The molecule has 5 atom stereocenters. The Morgan fingerprint density at radius 1 is 1.27 bits per heavy atom. The first-order valence-electron chi connectivity index (χ1n) is 5.04. The second-order valence-electron chi connectivity index (χ2n) is 4.46. The minimum absolute atomic E-state index is 0.0590. The van der Waals surface area contributed by atoms with Gasteiger partial charge >= 0.3 is 0 Å². The van der Waals surface area contributed by atoms with Crippen molar-refractivity contribution in [3.8, 4) is 0 Å². The SMILES string of the molecule is NC[C@]12C[C@H](CO)[C@](CO)(O1)[C@H](O)[C@@H]2O. The quantitative estimate of drug-likeness (QED) is 0.349. The van der Waals surface area contributed by atoms with E-state index in [0.717, 1.165) is 0 Å². The van der Waals surface area contributed by atoms with E-state index in [1.54, 1.807) is 0 Å². The molecule has 2 bridgehead atoms. The number of ether oxygens (including phenoxy) is 1. The van der Waals surface area contributed by atoms with Gasteiger partial charge < -0.3 is 30.9 Å². The first-order valence-corrected chi connectivity index (χ1v) is 5.04. The largest absolute Gasteiger partial charge is 0.396 e. The van der Waals surface area contributed by atoms with Gasteiger partial charge in [-0.2, -0.15) is 0 Å². The van der Waals surface area contributed by atoms with Crippen LogP contribution >= 0.6 is 0 Å². The van der Waals surface area contributed by atoms with Gasteiger partial charge in [-0.1, -0.05) is 0 Å². The van der Waals surface area contributed by atoms with E-state index in [4.69, 9.17) is 10.5 Å². The lowest BCUT2D eigenvalue weighted by molar-refractivity contribution is -0.123. The smallest absolute Gasteiger partial charge is 0.126 e. The maximum absolute atomic E-state index is 9.83. The van der Waals surface area contributed by atoms with Crippen molar-refractivity contribution in [2.75, 3.05) is 19.8 Å². The molecule has 6 heteroatoms. The van der Waals surface area contributed by atoms with Crippen molar-refractivity contribution in [2.24, 2.45) is 11.7 Å². The number of nitrogens with two attached hydrogens (primary N) is 1. The van der Waals surface area contributed by atoms with Gasteiger partial charge in [0.05, 0.1) is 6.61 Å². The Morgan fingerprint density at radius 3 is 2.40 bits per heavy atom. The van der Waals surface area contributed by atoms with Gasteiger partial charge in [0.15, 0.2) is 0 Å². The van der Waals surface area contributed by atoms with E-state index in [1.165, 1.54) is 0 Å². The fourth-order valence-electron chi connectivity index (χ4n) is 2.85. The molecule has 0 saturated carbocycles. The predicted molar refractivity (Wildman–Crippen MR) is 49.9 cm³/mol. The van der Waals surface area contributed by atoms with Gasteiger partial charge in [-0.05, 0) is 6.42 Å². The molecule has 15 heavy (non-hydrogen) atoms. The molecule has 0 aliphatic carbocycles. The van der Waals surface area contributed by atoms with Crippen LogP contribution in [0, 0.1) is 5.92 Å². The number of hydrogen-bond donors (Lipinski definition) is 5. The molecule has 2 aliphatic rings. The van der Waals surface area contributed by atoms with Crippen molar-refractivity contribution >= 4 is 0 Å². The van der Waals surface area contributed by atoms with E-state index in [2.05, 4.69) is 0 Å². The lowest BCUT2D eigenvalue weighted by Gasteiger charge is -2.36. The van der Waals surface area contributed by atoms with E-state index in [9.17, 15) is 20.4 Å². The molecule has 0 aromatic carbocycles. The van der Waals surface area contributed by atoms with Crippen LogP contribution in [0.15, 0.2) is 0 Å². The van der Waals surface area contributed by atoms with Gasteiger partial charge in [0.25, 0.3) is 0 Å². The highest BCUT2D eigenvalue weighted by Crippen LogP contribution is 2.53. The van der Waals surface area contributed by atoms with Crippen LogP contribution in [-0.4, -0.2) is 63.6 Å². The highest BCUT2D eigenvalue weighted by molar-refractivity contribution is 5.19. The molecule has 6 nitrogen and oxygen atoms in total. The van der Waals surface area contributed by atoms with Crippen LogP contribution in [0.25, 0.3) is 0 Å². The van der Waals surface area contributed by atoms with Crippen LogP contribution in [0.5, 0.6) is 0 Å². The molecule has 2 rings (SSSR count). The summed E-state index contributed by atoms with van der Waals surface area (Å²) in [6.45, 7) is -0.576. The summed E-state index contributed by atoms with van der Waals surface area (Å²) in [6, 6.07) is 0. The maximum Gasteiger partial charge on any atom is 0.126 e. The highest BCUT2D eigenvalue weighted by Gasteiger charge is 2.70. The minimum atomic E-state index is -1.26. The van der Waals surface area contributed by atoms with Crippen molar-refractivity contribution in [2.45, 2.75) is 29.8 Å². The van der Waals surface area contributed by atoms with Gasteiger partial charge in [0, 0.05) is 19.1 Å². The average Bonchev–Trinajstić information content (AvgIpc) is 2.72. The zero-order chi connectivity index (χ0) is 11.3. The van der Waals surface area contributed by atoms with E-state index in [1.807, 2.05) is 0 Å². The monoisotopic (exact) mass is 219 g/mol. The number of hydrogen-bond acceptors (Lipinski definition) is 6. The van der Waals surface area contributed by atoms with Crippen LogP contribution in [0.4, 0.5) is 0 Å². The highest BCUT2D eigenvalue weighted by atomic mass is 16.6. The van der Waals surface area contributed by atoms with Crippen LogP contribution < -0.4 is 5.73 Å². The molecule has 2 saturated heterocycles. The van der Waals surface area contributed by atoms with Crippen LogP contribution in [0.3, 0.4) is 0 Å². The Kier molecular flexibility index (Phi) is 2.53. The fraction of sp³-hybridized carbons (Fsp3) is 1.00. The van der Waals surface area contributed by atoms with Gasteiger partial charge in [0.1, 0.15) is 23.4 Å². The lowest BCUT2D eigenvalue weighted by Crippen LogP contribution is -2.57. The Balaban J connectivity index is 2.37. The number of aliphatic hydroxyl groups is 4. The average molecular weight is 219 g/mol. The summed E-state index contributed by atoms with van der Waals surface area (Å²) in [5.41, 5.74) is 3.26. The van der Waals surface area contributed by atoms with Gasteiger partial charge in [0.2, 0.25) is 0 Å². The fourth-order valence-corrected chi connectivity index (χ4v) is 2.85. The molecule has 2 aliphatic heterocycles. The Morgan fingerprint density at radius 2 is 1.93 bits per heavy atom. The molecule has 6 N–H and O–H groups in total. The Labute approximate surface area is 87.3 Å². The van der Waals surface area contributed by atoms with Crippen molar-refractivity contribution < 1.29 is 25.2 Å². The molecular formula is C9H17NO5. The molecule has 2 fully saturated rings. The summed E-state index contributed by atoms with van der Waals surface area (Å²) in [4.78, 5) is 0. The van der Waals surface area contributed by atoms with Gasteiger partial charge in [-0.25, -0.2) is 0 Å². The molecule has 88 valence electrons. The van der Waals surface area contributed by atoms with Crippen LogP contribution in [-0.2, 0) is 4.74 Å². The van der Waals surface area contributed by atoms with Gasteiger partial charge in [-0.15, -0.1) is 0 Å².